The van der Waals surface area contributed by atoms with Crippen molar-refractivity contribution in [3.8, 4) is 0 Å². The molecule has 0 aromatic heterocycles. The van der Waals surface area contributed by atoms with Gasteiger partial charge in [-0.05, 0) is 65.1 Å². The summed E-state index contributed by atoms with van der Waals surface area (Å²) in [7, 11) is 0. The van der Waals surface area contributed by atoms with Gasteiger partial charge in [-0.1, -0.05) is 56.7 Å². The summed E-state index contributed by atoms with van der Waals surface area (Å²) in [6.07, 6.45) is 8.65. The predicted molar refractivity (Wildman–Crippen MR) is 88.9 cm³/mol. The minimum Gasteiger partial charge on any atom is -0.0805 e. The summed E-state index contributed by atoms with van der Waals surface area (Å²) in [4.78, 5) is 0. The largest absolute Gasteiger partial charge is 0.0805 e. The van der Waals surface area contributed by atoms with Crippen LogP contribution in [0.25, 0.3) is 16.3 Å². The van der Waals surface area contributed by atoms with E-state index in [0.717, 1.165) is 5.92 Å². The van der Waals surface area contributed by atoms with Gasteiger partial charge in [-0.3, -0.25) is 0 Å². The van der Waals surface area contributed by atoms with Gasteiger partial charge >= 0.3 is 0 Å². The highest BCUT2D eigenvalue weighted by atomic mass is 14.2. The molecule has 0 saturated heterocycles. The van der Waals surface area contributed by atoms with Crippen molar-refractivity contribution in [2.45, 2.75) is 46.0 Å². The van der Waals surface area contributed by atoms with Crippen LogP contribution in [0.3, 0.4) is 0 Å². The molecule has 2 aromatic carbocycles. The third kappa shape index (κ3) is 2.80. The molecule has 20 heavy (non-hydrogen) atoms. The fraction of sp³-hybridized carbons (Fsp3) is 0.400. The molecular formula is C20H24. The highest BCUT2D eigenvalue weighted by molar-refractivity contribution is 5.87. The highest BCUT2D eigenvalue weighted by Gasteiger charge is 2.11. The molecule has 2 aromatic rings. The molecule has 0 N–H and O–H groups in total. The van der Waals surface area contributed by atoms with Crippen LogP contribution in [0.4, 0.5) is 0 Å². The van der Waals surface area contributed by atoms with Gasteiger partial charge in [-0.25, -0.2) is 0 Å². The van der Waals surface area contributed by atoms with E-state index in [0.29, 0.717) is 0 Å². The molecule has 1 aliphatic rings. The number of hydrogen-bond acceptors (Lipinski definition) is 0. The average molecular weight is 264 g/mol. The van der Waals surface area contributed by atoms with Crippen molar-refractivity contribution in [2.24, 2.45) is 5.92 Å². The summed E-state index contributed by atoms with van der Waals surface area (Å²) >= 11 is 0. The first-order valence-electron chi connectivity index (χ1n) is 7.98. The van der Waals surface area contributed by atoms with Gasteiger partial charge in [-0.15, -0.1) is 0 Å². The van der Waals surface area contributed by atoms with Gasteiger partial charge in [0.2, 0.25) is 0 Å². The summed E-state index contributed by atoms with van der Waals surface area (Å²) in [5.74, 6) is 0.857. The fourth-order valence-electron chi connectivity index (χ4n) is 3.17. The van der Waals surface area contributed by atoms with Gasteiger partial charge in [0.25, 0.3) is 0 Å². The van der Waals surface area contributed by atoms with Crippen molar-refractivity contribution in [3.63, 3.8) is 0 Å². The summed E-state index contributed by atoms with van der Waals surface area (Å²) in [5, 5.41) is 2.76. The Morgan fingerprint density at radius 3 is 2.60 bits per heavy atom. The smallest absolute Gasteiger partial charge is 0.0178 e. The number of benzene rings is 2. The highest BCUT2D eigenvalue weighted by Crippen LogP contribution is 2.31. The standard InChI is InChI=1S/C20H24/c1-3-4-16-7-10-20-14-19(12-11-18(20)13-16)17-8-5-15(2)6-9-17/h7-8,10-15H,3-6,9H2,1-2H3. The maximum atomic E-state index is 2.45. The lowest BCUT2D eigenvalue weighted by Crippen LogP contribution is -2.00. The Bertz CT molecular complexity index is 634. The molecule has 0 nitrogen and oxygen atoms in total. The second-order valence-corrected chi connectivity index (χ2v) is 6.26. The Morgan fingerprint density at radius 2 is 1.85 bits per heavy atom. The van der Waals surface area contributed by atoms with Gasteiger partial charge in [0.15, 0.2) is 0 Å². The van der Waals surface area contributed by atoms with Gasteiger partial charge < -0.3 is 0 Å². The molecule has 0 heterocycles. The minimum absolute atomic E-state index is 0.857. The first-order chi connectivity index (χ1) is 9.76. The van der Waals surface area contributed by atoms with Gasteiger partial charge in [0.05, 0.1) is 0 Å². The number of aryl methyl sites for hydroxylation is 1. The van der Waals surface area contributed by atoms with Crippen LogP contribution in [0.1, 0.15) is 50.7 Å². The number of fused-ring (bicyclic) bond motifs is 1. The molecule has 0 aliphatic heterocycles. The zero-order valence-corrected chi connectivity index (χ0v) is 12.7. The fourth-order valence-corrected chi connectivity index (χ4v) is 3.17. The molecule has 1 unspecified atom stereocenters. The van der Waals surface area contributed by atoms with Crippen molar-refractivity contribution in [1.82, 2.24) is 0 Å². The Kier molecular flexibility index (Phi) is 3.91. The van der Waals surface area contributed by atoms with Crippen molar-refractivity contribution >= 4 is 16.3 Å². The van der Waals surface area contributed by atoms with E-state index in [1.165, 1.54) is 54.0 Å². The van der Waals surface area contributed by atoms with Crippen LogP contribution >= 0.6 is 0 Å². The summed E-state index contributed by atoms with van der Waals surface area (Å²) < 4.78 is 0. The van der Waals surface area contributed by atoms with E-state index in [-0.39, 0.29) is 0 Å². The third-order valence-corrected chi connectivity index (χ3v) is 4.49. The number of hydrogen-bond donors (Lipinski definition) is 0. The molecule has 1 aliphatic carbocycles. The maximum Gasteiger partial charge on any atom is -0.0178 e. The molecule has 104 valence electrons. The molecule has 0 fully saturated rings. The van der Waals surface area contributed by atoms with Crippen molar-refractivity contribution < 1.29 is 0 Å². The first kappa shape index (κ1) is 13.4. The van der Waals surface area contributed by atoms with Crippen LogP contribution in [0, 0.1) is 5.92 Å². The van der Waals surface area contributed by atoms with Crippen LogP contribution in [-0.2, 0) is 6.42 Å². The second kappa shape index (κ2) is 5.83. The van der Waals surface area contributed by atoms with E-state index in [4.69, 9.17) is 0 Å². The molecular weight excluding hydrogens is 240 g/mol. The average Bonchev–Trinajstić information content (AvgIpc) is 2.48. The molecule has 0 amide bonds. The van der Waals surface area contributed by atoms with Crippen molar-refractivity contribution in [3.05, 3.63) is 53.6 Å². The van der Waals surface area contributed by atoms with E-state index in [9.17, 15) is 0 Å². The minimum atomic E-state index is 0.857. The van der Waals surface area contributed by atoms with Crippen molar-refractivity contribution in [2.75, 3.05) is 0 Å². The number of allylic oxidation sites excluding steroid dienone is 2. The molecule has 0 saturated carbocycles. The van der Waals surface area contributed by atoms with Gasteiger partial charge in [0.1, 0.15) is 0 Å². The number of rotatable bonds is 3. The summed E-state index contributed by atoms with van der Waals surface area (Å²) in [6.45, 7) is 4.59. The normalized spacial score (nSPS) is 19.1. The lowest BCUT2D eigenvalue weighted by atomic mass is 9.87. The van der Waals surface area contributed by atoms with E-state index < -0.39 is 0 Å². The zero-order chi connectivity index (χ0) is 13.9. The first-order valence-corrected chi connectivity index (χ1v) is 7.98. The predicted octanol–water partition coefficient (Wildman–Crippen LogP) is 6.00. The Balaban J connectivity index is 1.93. The zero-order valence-electron chi connectivity index (χ0n) is 12.7. The second-order valence-electron chi connectivity index (χ2n) is 6.26. The topological polar surface area (TPSA) is 0 Å². The van der Waals surface area contributed by atoms with Crippen LogP contribution in [0.15, 0.2) is 42.5 Å². The van der Waals surface area contributed by atoms with Crippen LogP contribution in [-0.4, -0.2) is 0 Å². The lowest BCUT2D eigenvalue weighted by Gasteiger charge is -2.18. The Labute approximate surface area is 122 Å². The van der Waals surface area contributed by atoms with Crippen LogP contribution in [0.5, 0.6) is 0 Å². The van der Waals surface area contributed by atoms with E-state index >= 15 is 0 Å². The quantitative estimate of drug-likeness (QED) is 0.638. The molecule has 0 spiro atoms. The van der Waals surface area contributed by atoms with Gasteiger partial charge in [-0.2, -0.15) is 0 Å². The van der Waals surface area contributed by atoms with E-state index in [2.05, 4.69) is 56.3 Å². The lowest BCUT2D eigenvalue weighted by molar-refractivity contribution is 0.534. The molecule has 1 atom stereocenters. The Hall–Kier alpha value is -1.56. The molecule has 0 radical (unpaired) electrons. The van der Waals surface area contributed by atoms with Gasteiger partial charge in [0, 0.05) is 0 Å². The summed E-state index contributed by atoms with van der Waals surface area (Å²) in [5.41, 5.74) is 4.42. The molecule has 0 bridgehead atoms. The third-order valence-electron chi connectivity index (χ3n) is 4.49. The van der Waals surface area contributed by atoms with Crippen LogP contribution < -0.4 is 0 Å². The van der Waals surface area contributed by atoms with Crippen LogP contribution in [0.2, 0.25) is 0 Å². The van der Waals surface area contributed by atoms with Crippen molar-refractivity contribution in [1.29, 1.82) is 0 Å². The SMILES string of the molecule is CCCc1ccc2cc(C3=CCC(C)CC3)ccc2c1. The summed E-state index contributed by atoms with van der Waals surface area (Å²) in [6, 6.07) is 13.9. The Morgan fingerprint density at radius 1 is 1.05 bits per heavy atom. The molecule has 3 rings (SSSR count). The van der Waals surface area contributed by atoms with E-state index in [1.807, 2.05) is 0 Å². The monoisotopic (exact) mass is 264 g/mol. The van der Waals surface area contributed by atoms with E-state index in [1.54, 1.807) is 5.57 Å². The maximum absolute atomic E-state index is 2.45. The molecule has 0 heteroatoms.